The summed E-state index contributed by atoms with van der Waals surface area (Å²) < 4.78 is 0. The molecule has 0 radical (unpaired) electrons. The van der Waals surface area contributed by atoms with Crippen molar-refractivity contribution in [2.24, 2.45) is 22.6 Å². The van der Waals surface area contributed by atoms with Crippen molar-refractivity contribution in [3.8, 4) is 0 Å². The number of aromatic nitrogens is 2. The minimum atomic E-state index is 0.351. The summed E-state index contributed by atoms with van der Waals surface area (Å²) >= 11 is 0. The Hall–Kier alpha value is -2.11. The Balaban J connectivity index is 1.78. The molecule has 0 amide bonds. The monoisotopic (exact) mass is 340 g/mol. The van der Waals surface area contributed by atoms with E-state index in [0.717, 1.165) is 35.8 Å². The molecule has 0 unspecified atom stereocenters. The summed E-state index contributed by atoms with van der Waals surface area (Å²) in [6.45, 7) is 0.850. The molecule has 3 aliphatic rings. The number of nitrogen functional groups attached to an aromatic ring is 1. The molecule has 134 valence electrons. The second kappa shape index (κ2) is 6.65. The van der Waals surface area contributed by atoms with Crippen molar-refractivity contribution in [2.45, 2.75) is 51.4 Å². The van der Waals surface area contributed by atoms with Gasteiger partial charge in [0.05, 0.1) is 11.4 Å². The second-order valence-corrected chi connectivity index (χ2v) is 7.77. The average molecular weight is 340 g/mol. The summed E-state index contributed by atoms with van der Waals surface area (Å²) in [5.41, 5.74) is 16.5. The maximum Gasteiger partial charge on any atom is 0.220 e. The lowest BCUT2D eigenvalue weighted by Gasteiger charge is -2.33. The van der Waals surface area contributed by atoms with E-state index >= 15 is 0 Å². The molecular formula is C19H28N6. The molecule has 6 heteroatoms. The van der Waals surface area contributed by atoms with Gasteiger partial charge in [0.2, 0.25) is 5.95 Å². The molecule has 1 aliphatic heterocycles. The number of nitrogens with two attached hydrogens (primary N) is 2. The van der Waals surface area contributed by atoms with Crippen molar-refractivity contribution in [2.75, 3.05) is 19.3 Å². The quantitative estimate of drug-likeness (QED) is 0.878. The van der Waals surface area contributed by atoms with Gasteiger partial charge in [0.15, 0.2) is 5.96 Å². The summed E-state index contributed by atoms with van der Waals surface area (Å²) in [6.07, 6.45) is 11.8. The van der Waals surface area contributed by atoms with Gasteiger partial charge in [-0.15, -0.1) is 0 Å². The highest BCUT2D eigenvalue weighted by Gasteiger charge is 2.30. The number of likely N-dealkylation sites (N-methyl/N-ethyl adjacent to an activating group) is 1. The molecule has 2 heterocycles. The van der Waals surface area contributed by atoms with Gasteiger partial charge in [-0.3, -0.25) is 0 Å². The summed E-state index contributed by atoms with van der Waals surface area (Å²) in [7, 11) is 2.02. The lowest BCUT2D eigenvalue weighted by molar-refractivity contribution is 0.378. The molecule has 4 rings (SSSR count). The molecule has 0 aromatic carbocycles. The largest absolute Gasteiger partial charge is 0.369 e. The predicted molar refractivity (Wildman–Crippen MR) is 101 cm³/mol. The third-order valence-corrected chi connectivity index (χ3v) is 5.75. The van der Waals surface area contributed by atoms with Crippen molar-refractivity contribution < 1.29 is 0 Å². The standard InChI is InChI=1S/C19H28N6/c1-25-11-15(13-5-3-2-4-6-13)17(24-19(25)21)14-10-22-18(20)23-16(14)9-12-7-8-12/h10,12-13H,2-9,11H2,1H3,(H2,21,24)(H2,20,22,23). The van der Waals surface area contributed by atoms with E-state index in [2.05, 4.69) is 9.97 Å². The van der Waals surface area contributed by atoms with Crippen molar-refractivity contribution in [3.05, 3.63) is 23.0 Å². The predicted octanol–water partition coefficient (Wildman–Crippen LogP) is 2.56. The SMILES string of the molecule is CN1CC(C2CCCCC2)=C(c2cnc(N)nc2CC2CC2)N=C1N. The van der Waals surface area contributed by atoms with Crippen LogP contribution < -0.4 is 11.5 Å². The van der Waals surface area contributed by atoms with Crippen LogP contribution in [0, 0.1) is 11.8 Å². The zero-order chi connectivity index (χ0) is 17.4. The van der Waals surface area contributed by atoms with Crippen LogP contribution in [0.2, 0.25) is 0 Å². The van der Waals surface area contributed by atoms with Gasteiger partial charge in [-0.2, -0.15) is 0 Å². The number of rotatable bonds is 4. The van der Waals surface area contributed by atoms with E-state index in [-0.39, 0.29) is 0 Å². The second-order valence-electron chi connectivity index (χ2n) is 7.77. The summed E-state index contributed by atoms with van der Waals surface area (Å²) in [5, 5.41) is 0. The fourth-order valence-corrected chi connectivity index (χ4v) is 4.07. The summed E-state index contributed by atoms with van der Waals surface area (Å²) in [4.78, 5) is 15.7. The molecule has 2 fully saturated rings. The Morgan fingerprint density at radius 1 is 1.12 bits per heavy atom. The lowest BCUT2D eigenvalue weighted by atomic mass is 9.81. The fraction of sp³-hybridized carbons (Fsp3) is 0.632. The molecule has 1 aromatic heterocycles. The highest BCUT2D eigenvalue weighted by molar-refractivity contribution is 5.89. The molecular weight excluding hydrogens is 312 g/mol. The van der Waals surface area contributed by atoms with Gasteiger partial charge < -0.3 is 16.4 Å². The van der Waals surface area contributed by atoms with E-state index in [1.165, 1.54) is 50.5 Å². The molecule has 2 aliphatic carbocycles. The van der Waals surface area contributed by atoms with Crippen LogP contribution in [0.25, 0.3) is 5.70 Å². The van der Waals surface area contributed by atoms with Crippen LogP contribution >= 0.6 is 0 Å². The van der Waals surface area contributed by atoms with Gasteiger partial charge >= 0.3 is 0 Å². The first kappa shape index (κ1) is 16.4. The minimum Gasteiger partial charge on any atom is -0.369 e. The van der Waals surface area contributed by atoms with E-state index in [1.807, 2.05) is 18.1 Å². The highest BCUT2D eigenvalue weighted by Crippen LogP contribution is 2.39. The van der Waals surface area contributed by atoms with E-state index in [4.69, 9.17) is 16.5 Å². The van der Waals surface area contributed by atoms with Crippen LogP contribution in [0.4, 0.5) is 5.95 Å². The van der Waals surface area contributed by atoms with Crippen molar-refractivity contribution >= 4 is 17.6 Å². The molecule has 0 spiro atoms. The zero-order valence-corrected chi connectivity index (χ0v) is 15.0. The molecule has 0 saturated heterocycles. The number of anilines is 1. The van der Waals surface area contributed by atoms with Crippen LogP contribution in [0.15, 0.2) is 16.8 Å². The normalized spacial score (nSPS) is 22.3. The Kier molecular flexibility index (Phi) is 4.36. The van der Waals surface area contributed by atoms with E-state index in [0.29, 0.717) is 17.8 Å². The van der Waals surface area contributed by atoms with Gasteiger partial charge in [-0.1, -0.05) is 19.3 Å². The molecule has 4 N–H and O–H groups in total. The molecule has 2 saturated carbocycles. The highest BCUT2D eigenvalue weighted by atomic mass is 15.2. The summed E-state index contributed by atoms with van der Waals surface area (Å²) in [5.74, 6) is 2.25. The van der Waals surface area contributed by atoms with E-state index in [9.17, 15) is 0 Å². The van der Waals surface area contributed by atoms with Crippen molar-refractivity contribution in [3.63, 3.8) is 0 Å². The van der Waals surface area contributed by atoms with E-state index < -0.39 is 0 Å². The Morgan fingerprint density at radius 2 is 1.88 bits per heavy atom. The summed E-state index contributed by atoms with van der Waals surface area (Å²) in [6, 6.07) is 0. The van der Waals surface area contributed by atoms with Gasteiger partial charge in [0, 0.05) is 25.4 Å². The number of hydrogen-bond donors (Lipinski definition) is 2. The minimum absolute atomic E-state index is 0.351. The molecule has 0 bridgehead atoms. The van der Waals surface area contributed by atoms with E-state index in [1.54, 1.807) is 0 Å². The third-order valence-electron chi connectivity index (χ3n) is 5.75. The average Bonchev–Trinajstić information content (AvgIpc) is 3.42. The molecule has 25 heavy (non-hydrogen) atoms. The number of nitrogens with zero attached hydrogens (tertiary/aromatic N) is 4. The van der Waals surface area contributed by atoms with Gasteiger partial charge in [0.25, 0.3) is 0 Å². The number of guanidine groups is 1. The Morgan fingerprint density at radius 3 is 2.60 bits per heavy atom. The lowest BCUT2D eigenvalue weighted by Crippen LogP contribution is -2.39. The van der Waals surface area contributed by atoms with Gasteiger partial charge in [-0.05, 0) is 49.5 Å². The number of aliphatic imine (C=N–C) groups is 1. The maximum absolute atomic E-state index is 6.17. The molecule has 0 atom stereocenters. The Bertz CT molecular complexity index is 713. The van der Waals surface area contributed by atoms with Crippen LogP contribution in [0.1, 0.15) is 56.2 Å². The first-order valence-corrected chi connectivity index (χ1v) is 9.52. The number of hydrogen-bond acceptors (Lipinski definition) is 6. The van der Waals surface area contributed by atoms with Crippen LogP contribution in [0.5, 0.6) is 0 Å². The van der Waals surface area contributed by atoms with Crippen LogP contribution in [-0.4, -0.2) is 34.4 Å². The fourth-order valence-electron chi connectivity index (χ4n) is 4.07. The van der Waals surface area contributed by atoms with Crippen molar-refractivity contribution in [1.82, 2.24) is 14.9 Å². The zero-order valence-electron chi connectivity index (χ0n) is 15.0. The smallest absolute Gasteiger partial charge is 0.220 e. The van der Waals surface area contributed by atoms with Crippen LogP contribution in [0.3, 0.4) is 0 Å². The molecule has 6 nitrogen and oxygen atoms in total. The third kappa shape index (κ3) is 3.48. The van der Waals surface area contributed by atoms with Gasteiger partial charge in [0.1, 0.15) is 0 Å². The Labute approximate surface area is 149 Å². The van der Waals surface area contributed by atoms with Crippen LogP contribution in [-0.2, 0) is 6.42 Å². The van der Waals surface area contributed by atoms with Crippen molar-refractivity contribution in [1.29, 1.82) is 0 Å². The molecule has 1 aromatic rings. The first-order valence-electron chi connectivity index (χ1n) is 9.52. The first-order chi connectivity index (χ1) is 12.1. The van der Waals surface area contributed by atoms with Gasteiger partial charge in [-0.25, -0.2) is 15.0 Å². The topological polar surface area (TPSA) is 93.4 Å². The maximum atomic E-state index is 6.17.